The Morgan fingerprint density at radius 1 is 0.962 bits per heavy atom. The summed E-state index contributed by atoms with van der Waals surface area (Å²) in [7, 11) is 3.06. The number of imide groups is 1. The average molecular weight is 356 g/mol. The van der Waals surface area contributed by atoms with Crippen LogP contribution in [0, 0.1) is 10.1 Å². The number of rotatable bonds is 6. The smallest absolute Gasteiger partial charge is 0.270 e. The lowest BCUT2D eigenvalue weighted by Crippen LogP contribution is -2.31. The van der Waals surface area contributed by atoms with Crippen molar-refractivity contribution >= 4 is 17.5 Å². The van der Waals surface area contributed by atoms with E-state index < -0.39 is 16.7 Å². The number of methoxy groups -OCH3 is 2. The Morgan fingerprint density at radius 2 is 1.65 bits per heavy atom. The molecule has 134 valence electrons. The minimum Gasteiger partial charge on any atom is -0.493 e. The number of benzene rings is 2. The Balaban J connectivity index is 1.78. The molecule has 0 spiro atoms. The van der Waals surface area contributed by atoms with E-state index in [1.807, 2.05) is 6.07 Å². The molecular weight excluding hydrogens is 340 g/mol. The number of nitro groups is 1. The van der Waals surface area contributed by atoms with Crippen LogP contribution in [0.1, 0.15) is 26.3 Å². The molecular formula is C18H16N2O6. The first-order chi connectivity index (χ1) is 12.5. The first-order valence-electron chi connectivity index (χ1n) is 7.81. The third-order valence-corrected chi connectivity index (χ3v) is 4.24. The molecule has 0 aromatic heterocycles. The molecule has 0 aliphatic carbocycles. The van der Waals surface area contributed by atoms with Gasteiger partial charge in [-0.3, -0.25) is 24.6 Å². The maximum Gasteiger partial charge on any atom is 0.270 e. The number of hydrogen-bond acceptors (Lipinski definition) is 6. The van der Waals surface area contributed by atoms with Crippen molar-refractivity contribution in [3.05, 3.63) is 63.2 Å². The fourth-order valence-corrected chi connectivity index (χ4v) is 2.87. The van der Waals surface area contributed by atoms with Gasteiger partial charge in [0.25, 0.3) is 17.5 Å². The summed E-state index contributed by atoms with van der Waals surface area (Å²) in [4.78, 5) is 36.3. The molecule has 0 N–H and O–H groups in total. The topological polar surface area (TPSA) is 99.0 Å². The average Bonchev–Trinajstić information content (AvgIpc) is 2.89. The summed E-state index contributed by atoms with van der Waals surface area (Å²) < 4.78 is 10.4. The summed E-state index contributed by atoms with van der Waals surface area (Å²) in [6, 6.07) is 9.05. The van der Waals surface area contributed by atoms with Gasteiger partial charge in [0.15, 0.2) is 11.5 Å². The highest BCUT2D eigenvalue weighted by Gasteiger charge is 2.36. The van der Waals surface area contributed by atoms with Gasteiger partial charge in [0, 0.05) is 18.7 Å². The van der Waals surface area contributed by atoms with Gasteiger partial charge >= 0.3 is 0 Å². The standard InChI is InChI=1S/C18H16N2O6/c1-25-15-6-3-11(9-16(15)26-2)7-8-19-17(21)13-5-4-12(20(23)24)10-14(13)18(19)22/h3-6,9-10H,7-8H2,1-2H3. The second-order valence-electron chi connectivity index (χ2n) is 5.69. The Bertz CT molecular complexity index is 909. The fourth-order valence-electron chi connectivity index (χ4n) is 2.87. The van der Waals surface area contributed by atoms with E-state index >= 15 is 0 Å². The molecule has 3 rings (SSSR count). The third kappa shape index (κ3) is 2.97. The molecule has 0 bridgehead atoms. The number of amides is 2. The lowest BCUT2D eigenvalue weighted by Gasteiger charge is -2.14. The lowest BCUT2D eigenvalue weighted by molar-refractivity contribution is -0.384. The Kier molecular flexibility index (Phi) is 4.57. The number of hydrogen-bond donors (Lipinski definition) is 0. The second kappa shape index (κ2) is 6.83. The number of carbonyl (C=O) groups is 2. The molecule has 0 unspecified atom stereocenters. The van der Waals surface area contributed by atoms with Crippen molar-refractivity contribution in [2.75, 3.05) is 20.8 Å². The zero-order valence-electron chi connectivity index (χ0n) is 14.2. The number of nitrogens with zero attached hydrogens (tertiary/aromatic N) is 2. The monoisotopic (exact) mass is 356 g/mol. The molecule has 0 fully saturated rings. The Hall–Kier alpha value is -3.42. The van der Waals surface area contributed by atoms with Crippen molar-refractivity contribution < 1.29 is 24.0 Å². The van der Waals surface area contributed by atoms with Crippen LogP contribution in [-0.4, -0.2) is 42.4 Å². The van der Waals surface area contributed by atoms with Crippen molar-refractivity contribution in [1.29, 1.82) is 0 Å². The van der Waals surface area contributed by atoms with Gasteiger partial charge in [0.1, 0.15) is 0 Å². The number of fused-ring (bicyclic) bond motifs is 1. The molecule has 2 amide bonds. The molecule has 0 saturated carbocycles. The van der Waals surface area contributed by atoms with Crippen LogP contribution in [0.4, 0.5) is 5.69 Å². The van der Waals surface area contributed by atoms with Gasteiger partial charge < -0.3 is 9.47 Å². The van der Waals surface area contributed by atoms with Crippen molar-refractivity contribution in [1.82, 2.24) is 4.90 Å². The largest absolute Gasteiger partial charge is 0.493 e. The molecule has 0 radical (unpaired) electrons. The SMILES string of the molecule is COc1ccc(CCN2C(=O)c3ccc([N+](=O)[O-])cc3C2=O)cc1OC. The van der Waals surface area contributed by atoms with E-state index in [9.17, 15) is 19.7 Å². The molecule has 0 atom stereocenters. The number of nitro benzene ring substituents is 1. The maximum atomic E-state index is 12.5. The molecule has 0 saturated heterocycles. The highest BCUT2D eigenvalue weighted by Crippen LogP contribution is 2.29. The number of carbonyl (C=O) groups excluding carboxylic acids is 2. The van der Waals surface area contributed by atoms with Crippen LogP contribution in [-0.2, 0) is 6.42 Å². The van der Waals surface area contributed by atoms with Gasteiger partial charge in [-0.1, -0.05) is 6.07 Å². The summed E-state index contributed by atoms with van der Waals surface area (Å²) in [6.45, 7) is 0.162. The van der Waals surface area contributed by atoms with Gasteiger partial charge in [0.2, 0.25) is 0 Å². The first kappa shape index (κ1) is 17.4. The van der Waals surface area contributed by atoms with Crippen LogP contribution in [0.15, 0.2) is 36.4 Å². The third-order valence-electron chi connectivity index (χ3n) is 4.24. The van der Waals surface area contributed by atoms with E-state index in [-0.39, 0.29) is 23.4 Å². The lowest BCUT2D eigenvalue weighted by atomic mass is 10.1. The van der Waals surface area contributed by atoms with Crippen LogP contribution in [0.3, 0.4) is 0 Å². The van der Waals surface area contributed by atoms with E-state index in [0.717, 1.165) is 16.5 Å². The molecule has 1 heterocycles. The predicted molar refractivity (Wildman–Crippen MR) is 91.7 cm³/mol. The van der Waals surface area contributed by atoms with Crippen molar-refractivity contribution in [2.24, 2.45) is 0 Å². The van der Waals surface area contributed by atoms with E-state index in [0.29, 0.717) is 17.9 Å². The van der Waals surface area contributed by atoms with Crippen molar-refractivity contribution in [3.8, 4) is 11.5 Å². The van der Waals surface area contributed by atoms with Gasteiger partial charge in [-0.25, -0.2) is 0 Å². The van der Waals surface area contributed by atoms with Crippen molar-refractivity contribution in [2.45, 2.75) is 6.42 Å². The second-order valence-corrected chi connectivity index (χ2v) is 5.69. The van der Waals surface area contributed by atoms with Gasteiger partial charge in [0.05, 0.1) is 30.3 Å². The van der Waals surface area contributed by atoms with Crippen molar-refractivity contribution in [3.63, 3.8) is 0 Å². The molecule has 2 aromatic carbocycles. The van der Waals surface area contributed by atoms with E-state index in [4.69, 9.17) is 9.47 Å². The quantitative estimate of drug-likeness (QED) is 0.448. The molecule has 8 nitrogen and oxygen atoms in total. The van der Waals surface area contributed by atoms with E-state index in [1.54, 1.807) is 12.1 Å². The first-order valence-corrected chi connectivity index (χ1v) is 7.81. The molecule has 2 aromatic rings. The minimum absolute atomic E-state index is 0.0662. The van der Waals surface area contributed by atoms with Gasteiger partial charge in [-0.05, 0) is 30.2 Å². The number of ether oxygens (including phenoxy) is 2. The summed E-state index contributed by atoms with van der Waals surface area (Å²) in [5.41, 5.74) is 0.904. The molecule has 8 heteroatoms. The van der Waals surface area contributed by atoms with Gasteiger partial charge in [-0.15, -0.1) is 0 Å². The number of non-ortho nitro benzene ring substituents is 1. The highest BCUT2D eigenvalue weighted by molar-refractivity contribution is 6.21. The van der Waals surface area contributed by atoms with Crippen LogP contribution < -0.4 is 9.47 Å². The predicted octanol–water partition coefficient (Wildman–Crippen LogP) is 2.45. The van der Waals surface area contributed by atoms with Crippen LogP contribution in [0.5, 0.6) is 11.5 Å². The van der Waals surface area contributed by atoms with E-state index in [2.05, 4.69) is 0 Å². The minimum atomic E-state index is -0.593. The van der Waals surface area contributed by atoms with Gasteiger partial charge in [-0.2, -0.15) is 0 Å². The molecule has 26 heavy (non-hydrogen) atoms. The fraction of sp³-hybridized carbons (Fsp3) is 0.222. The zero-order chi connectivity index (χ0) is 18.8. The molecule has 1 aliphatic rings. The Labute approximate surface area is 149 Å². The normalized spacial score (nSPS) is 12.9. The maximum absolute atomic E-state index is 12.5. The Morgan fingerprint density at radius 3 is 2.31 bits per heavy atom. The van der Waals surface area contributed by atoms with E-state index in [1.165, 1.54) is 26.4 Å². The summed E-state index contributed by atoms with van der Waals surface area (Å²) in [6.07, 6.45) is 0.425. The molecule has 1 aliphatic heterocycles. The van der Waals surface area contributed by atoms with Crippen LogP contribution in [0.2, 0.25) is 0 Å². The summed E-state index contributed by atoms with van der Waals surface area (Å²) in [5.74, 6) is 0.182. The zero-order valence-corrected chi connectivity index (χ0v) is 14.2. The van der Waals surface area contributed by atoms with Crippen LogP contribution in [0.25, 0.3) is 0 Å². The highest BCUT2D eigenvalue weighted by atomic mass is 16.6. The van der Waals surface area contributed by atoms with Crippen LogP contribution >= 0.6 is 0 Å². The summed E-state index contributed by atoms with van der Waals surface area (Å²) in [5, 5.41) is 10.9. The summed E-state index contributed by atoms with van der Waals surface area (Å²) >= 11 is 0.